The van der Waals surface area contributed by atoms with E-state index in [0.717, 1.165) is 42.1 Å². The minimum Gasteiger partial charge on any atom is -0.381 e. The highest BCUT2D eigenvalue weighted by atomic mass is 16.5. The quantitative estimate of drug-likeness (QED) is 0.583. The molecule has 7 heteroatoms. The minimum absolute atomic E-state index is 0.00123. The van der Waals surface area contributed by atoms with Gasteiger partial charge in [-0.25, -0.2) is 4.98 Å². The number of carbonyl (C=O) groups excluding carboxylic acids is 1. The van der Waals surface area contributed by atoms with Gasteiger partial charge in [0.1, 0.15) is 5.82 Å². The maximum absolute atomic E-state index is 13.1. The van der Waals surface area contributed by atoms with Crippen LogP contribution in [0.25, 0.3) is 10.9 Å². The van der Waals surface area contributed by atoms with Gasteiger partial charge in [0.25, 0.3) is 5.56 Å². The van der Waals surface area contributed by atoms with Gasteiger partial charge in [-0.05, 0) is 37.8 Å². The molecule has 4 rings (SSSR count). The first kappa shape index (κ1) is 20.3. The van der Waals surface area contributed by atoms with Crippen LogP contribution in [0.15, 0.2) is 41.3 Å². The Morgan fingerprint density at radius 2 is 2.17 bits per heavy atom. The third-order valence-electron chi connectivity index (χ3n) is 5.98. The van der Waals surface area contributed by atoms with E-state index in [0.29, 0.717) is 17.9 Å². The summed E-state index contributed by atoms with van der Waals surface area (Å²) in [5.74, 6) is 0.450. The number of nitrogens with zero attached hydrogens (tertiary/aromatic N) is 1. The molecule has 1 amide bonds. The molecule has 0 spiro atoms. The van der Waals surface area contributed by atoms with E-state index in [9.17, 15) is 9.59 Å². The Morgan fingerprint density at radius 1 is 1.33 bits per heavy atom. The van der Waals surface area contributed by atoms with Gasteiger partial charge < -0.3 is 20.0 Å². The van der Waals surface area contributed by atoms with Gasteiger partial charge in [-0.2, -0.15) is 0 Å². The molecule has 3 atom stereocenters. The second kappa shape index (κ2) is 8.83. The zero-order chi connectivity index (χ0) is 21.1. The summed E-state index contributed by atoms with van der Waals surface area (Å²) >= 11 is 0. The van der Waals surface area contributed by atoms with Crippen LogP contribution in [0.5, 0.6) is 0 Å². The third-order valence-corrected chi connectivity index (χ3v) is 5.98. The van der Waals surface area contributed by atoms with Gasteiger partial charge in [0.15, 0.2) is 0 Å². The van der Waals surface area contributed by atoms with E-state index in [2.05, 4.69) is 26.3 Å². The normalized spacial score (nSPS) is 20.2. The number of para-hydroxylation sites is 1. The molecule has 30 heavy (non-hydrogen) atoms. The Morgan fingerprint density at radius 3 is 2.97 bits per heavy atom. The summed E-state index contributed by atoms with van der Waals surface area (Å²) in [4.78, 5) is 35.7. The molecule has 1 fully saturated rings. The smallest absolute Gasteiger partial charge is 0.251 e. The Hall–Kier alpha value is -2.93. The number of amides is 1. The van der Waals surface area contributed by atoms with Crippen LogP contribution in [0, 0.1) is 12.8 Å². The fraction of sp³-hybridized carbons (Fsp3) is 0.435. The molecule has 0 bridgehead atoms. The Kier molecular flexibility index (Phi) is 5.99. The predicted molar refractivity (Wildman–Crippen MR) is 115 cm³/mol. The van der Waals surface area contributed by atoms with E-state index >= 15 is 0 Å². The molecular weight excluding hydrogens is 380 g/mol. The van der Waals surface area contributed by atoms with Crippen LogP contribution in [0.3, 0.4) is 0 Å². The van der Waals surface area contributed by atoms with E-state index in [1.165, 1.54) is 6.07 Å². The summed E-state index contributed by atoms with van der Waals surface area (Å²) in [6.45, 7) is 1.75. The Balaban J connectivity index is 1.61. The van der Waals surface area contributed by atoms with Crippen molar-refractivity contribution >= 4 is 16.8 Å². The van der Waals surface area contributed by atoms with Crippen LogP contribution in [-0.4, -0.2) is 34.1 Å². The Labute approximate surface area is 175 Å². The topological polar surface area (TPSA) is 99.9 Å². The van der Waals surface area contributed by atoms with Crippen molar-refractivity contribution in [2.45, 2.75) is 51.2 Å². The van der Waals surface area contributed by atoms with Crippen molar-refractivity contribution in [3.63, 3.8) is 0 Å². The van der Waals surface area contributed by atoms with Crippen molar-refractivity contribution in [1.82, 2.24) is 20.3 Å². The molecule has 7 nitrogen and oxygen atoms in total. The summed E-state index contributed by atoms with van der Waals surface area (Å²) in [6.07, 6.45) is 6.19. The predicted octanol–water partition coefficient (Wildman–Crippen LogP) is 3.16. The second-order valence-corrected chi connectivity index (χ2v) is 8.10. The maximum atomic E-state index is 13.1. The first-order valence-electron chi connectivity index (χ1n) is 10.5. The largest absolute Gasteiger partial charge is 0.381 e. The molecule has 1 aliphatic rings. The van der Waals surface area contributed by atoms with Crippen molar-refractivity contribution < 1.29 is 9.53 Å². The van der Waals surface area contributed by atoms with Gasteiger partial charge in [0.2, 0.25) is 5.91 Å². The van der Waals surface area contributed by atoms with Crippen molar-refractivity contribution in [1.29, 1.82) is 0 Å². The fourth-order valence-corrected chi connectivity index (χ4v) is 4.42. The van der Waals surface area contributed by atoms with Crippen molar-refractivity contribution in [2.24, 2.45) is 5.92 Å². The fourth-order valence-electron chi connectivity index (χ4n) is 4.42. The number of aryl methyl sites for hydroxylation is 1. The number of hydrogen-bond donors (Lipinski definition) is 3. The highest BCUT2D eigenvalue weighted by molar-refractivity contribution is 5.83. The van der Waals surface area contributed by atoms with E-state index in [4.69, 9.17) is 4.74 Å². The van der Waals surface area contributed by atoms with Gasteiger partial charge in [-0.1, -0.05) is 24.6 Å². The SMILES string of the molecule is CO[C@@H]1CCC[C@@H](C(=O)N[C@@H](Cc2c[nH]c3ccccc23)c2cc(=O)[nH]c(C)n2)C1. The first-order valence-corrected chi connectivity index (χ1v) is 10.5. The minimum atomic E-state index is -0.388. The van der Waals surface area contributed by atoms with E-state index < -0.39 is 0 Å². The number of hydrogen-bond acceptors (Lipinski definition) is 4. The number of aromatic nitrogens is 3. The van der Waals surface area contributed by atoms with Crippen molar-refractivity contribution in [3.05, 3.63) is 64.0 Å². The number of aromatic amines is 2. The number of fused-ring (bicyclic) bond motifs is 1. The molecule has 3 N–H and O–H groups in total. The van der Waals surface area contributed by atoms with Gasteiger partial charge in [0, 0.05) is 42.6 Å². The summed E-state index contributed by atoms with van der Waals surface area (Å²) in [7, 11) is 1.70. The zero-order valence-electron chi connectivity index (χ0n) is 17.4. The summed E-state index contributed by atoms with van der Waals surface area (Å²) in [5, 5.41) is 4.29. The van der Waals surface area contributed by atoms with Gasteiger partial charge in [-0.3, -0.25) is 9.59 Å². The molecule has 0 saturated heterocycles. The van der Waals surface area contributed by atoms with E-state index in [-0.39, 0.29) is 29.5 Å². The number of H-pyrrole nitrogens is 2. The lowest BCUT2D eigenvalue weighted by Gasteiger charge is -2.29. The van der Waals surface area contributed by atoms with Gasteiger partial charge in [0.05, 0.1) is 17.8 Å². The highest BCUT2D eigenvalue weighted by Crippen LogP contribution is 2.28. The molecule has 0 aliphatic heterocycles. The lowest BCUT2D eigenvalue weighted by atomic mass is 9.86. The van der Waals surface area contributed by atoms with Crippen LogP contribution in [0.1, 0.15) is 48.8 Å². The summed E-state index contributed by atoms with van der Waals surface area (Å²) < 4.78 is 5.48. The molecule has 1 aromatic carbocycles. The van der Waals surface area contributed by atoms with Crippen molar-refractivity contribution in [2.75, 3.05) is 7.11 Å². The molecule has 2 heterocycles. The van der Waals surface area contributed by atoms with Gasteiger partial charge >= 0.3 is 0 Å². The summed E-state index contributed by atoms with van der Waals surface area (Å²) in [6, 6.07) is 9.15. The highest BCUT2D eigenvalue weighted by Gasteiger charge is 2.29. The third kappa shape index (κ3) is 4.46. The monoisotopic (exact) mass is 408 g/mol. The number of methoxy groups -OCH3 is 1. The molecule has 2 aromatic heterocycles. The molecule has 1 saturated carbocycles. The molecule has 3 aromatic rings. The summed E-state index contributed by atoms with van der Waals surface area (Å²) in [5.41, 5.74) is 2.48. The lowest BCUT2D eigenvalue weighted by Crippen LogP contribution is -2.39. The van der Waals surface area contributed by atoms with Crippen LogP contribution in [0.4, 0.5) is 0 Å². The number of rotatable bonds is 6. The molecule has 1 aliphatic carbocycles. The first-order chi connectivity index (χ1) is 14.5. The van der Waals surface area contributed by atoms with Crippen molar-refractivity contribution in [3.8, 4) is 0 Å². The lowest BCUT2D eigenvalue weighted by molar-refractivity contribution is -0.128. The average molecular weight is 409 g/mol. The second-order valence-electron chi connectivity index (χ2n) is 8.10. The van der Waals surface area contributed by atoms with Crippen LogP contribution >= 0.6 is 0 Å². The van der Waals surface area contributed by atoms with E-state index in [1.807, 2.05) is 24.4 Å². The molecular formula is C23H28N4O3. The molecule has 0 radical (unpaired) electrons. The van der Waals surface area contributed by atoms with Crippen LogP contribution < -0.4 is 10.9 Å². The maximum Gasteiger partial charge on any atom is 0.251 e. The standard InChI is InChI=1S/C23H28N4O3/c1-14-25-21(12-22(28)26-14)20(11-16-13-24-19-9-4-3-8-18(16)19)27-23(29)15-6-5-7-17(10-15)30-2/h3-4,8-9,12-13,15,17,20,24H,5-7,10-11H2,1-2H3,(H,27,29)(H,25,26,28)/t15-,17-,20+/m1/s1. The average Bonchev–Trinajstić information content (AvgIpc) is 3.15. The van der Waals surface area contributed by atoms with Crippen LogP contribution in [-0.2, 0) is 16.0 Å². The number of ether oxygens (including phenoxy) is 1. The van der Waals surface area contributed by atoms with Gasteiger partial charge in [-0.15, -0.1) is 0 Å². The zero-order valence-corrected chi connectivity index (χ0v) is 17.4. The Bertz CT molecular complexity index is 1090. The molecule has 0 unspecified atom stereocenters. The van der Waals surface area contributed by atoms with E-state index in [1.54, 1.807) is 14.0 Å². The van der Waals surface area contributed by atoms with Crippen LogP contribution in [0.2, 0.25) is 0 Å². The number of nitrogens with one attached hydrogen (secondary N) is 3. The molecule has 158 valence electrons. The number of carbonyl (C=O) groups is 1. The number of benzene rings is 1.